The SMILES string of the molecule is CC1(C)[C@H]2CC[C@](C)(C2)[C@H]1OC[C@@H](O)CN1CCN(c2ccccc2F)CC1. The molecule has 0 spiro atoms. The van der Waals surface area contributed by atoms with E-state index in [0.717, 1.165) is 32.1 Å². The molecule has 156 valence electrons. The van der Waals surface area contributed by atoms with Crippen LogP contribution in [0.2, 0.25) is 0 Å². The molecule has 3 fully saturated rings. The number of fused-ring (bicyclic) bond motifs is 2. The number of piperazine rings is 1. The third-order valence-electron chi connectivity index (χ3n) is 7.63. The summed E-state index contributed by atoms with van der Waals surface area (Å²) in [5.74, 6) is 0.595. The lowest BCUT2D eigenvalue weighted by Crippen LogP contribution is -2.50. The highest BCUT2D eigenvalue weighted by Crippen LogP contribution is 2.63. The molecule has 2 aliphatic carbocycles. The third kappa shape index (κ3) is 3.69. The first-order valence-corrected chi connectivity index (χ1v) is 10.8. The van der Waals surface area contributed by atoms with Crippen LogP contribution in [0.4, 0.5) is 10.1 Å². The first-order chi connectivity index (χ1) is 13.3. The highest BCUT2D eigenvalue weighted by molar-refractivity contribution is 5.47. The van der Waals surface area contributed by atoms with Gasteiger partial charge in [-0.1, -0.05) is 32.9 Å². The third-order valence-corrected chi connectivity index (χ3v) is 7.63. The second-order valence-corrected chi connectivity index (χ2v) is 10.0. The van der Waals surface area contributed by atoms with Crippen molar-refractivity contribution in [1.82, 2.24) is 4.90 Å². The number of β-amino-alcohol motifs (C(OH)–C–C–N with tert-alkyl or cyclic N) is 1. The van der Waals surface area contributed by atoms with Crippen LogP contribution in [0, 0.1) is 22.6 Å². The highest BCUT2D eigenvalue weighted by atomic mass is 19.1. The number of anilines is 1. The van der Waals surface area contributed by atoms with Gasteiger partial charge >= 0.3 is 0 Å². The van der Waals surface area contributed by atoms with Gasteiger partial charge in [-0.05, 0) is 48.1 Å². The lowest BCUT2D eigenvalue weighted by molar-refractivity contribution is -0.113. The molecule has 1 aromatic rings. The minimum Gasteiger partial charge on any atom is -0.389 e. The van der Waals surface area contributed by atoms with Gasteiger partial charge in [0.25, 0.3) is 0 Å². The van der Waals surface area contributed by atoms with Crippen molar-refractivity contribution in [2.24, 2.45) is 16.7 Å². The molecule has 1 aromatic carbocycles. The van der Waals surface area contributed by atoms with E-state index < -0.39 is 6.10 Å². The van der Waals surface area contributed by atoms with Crippen molar-refractivity contribution in [2.75, 3.05) is 44.2 Å². The number of aliphatic hydroxyl groups excluding tert-OH is 1. The van der Waals surface area contributed by atoms with E-state index in [9.17, 15) is 9.50 Å². The number of nitrogens with zero attached hydrogens (tertiary/aromatic N) is 2. The second-order valence-electron chi connectivity index (χ2n) is 10.0. The van der Waals surface area contributed by atoms with Gasteiger partial charge in [0, 0.05) is 32.7 Å². The van der Waals surface area contributed by atoms with Crippen LogP contribution in [-0.4, -0.2) is 61.5 Å². The van der Waals surface area contributed by atoms with Crippen molar-refractivity contribution in [2.45, 2.75) is 52.2 Å². The van der Waals surface area contributed by atoms with E-state index in [1.807, 2.05) is 12.1 Å². The predicted molar refractivity (Wildman–Crippen MR) is 110 cm³/mol. The number of benzene rings is 1. The van der Waals surface area contributed by atoms with Gasteiger partial charge in [-0.25, -0.2) is 4.39 Å². The second kappa shape index (κ2) is 7.58. The lowest BCUT2D eigenvalue weighted by atomic mass is 9.70. The number of halogens is 1. The van der Waals surface area contributed by atoms with Gasteiger partial charge in [0.1, 0.15) is 5.82 Å². The minimum atomic E-state index is -0.474. The van der Waals surface area contributed by atoms with Crippen molar-refractivity contribution < 1.29 is 14.2 Å². The monoisotopic (exact) mass is 390 g/mol. The van der Waals surface area contributed by atoms with E-state index in [0.29, 0.717) is 18.8 Å². The van der Waals surface area contributed by atoms with Crippen molar-refractivity contribution >= 4 is 5.69 Å². The number of aliphatic hydroxyl groups is 1. The molecule has 2 bridgehead atoms. The van der Waals surface area contributed by atoms with E-state index >= 15 is 0 Å². The fraction of sp³-hybridized carbons (Fsp3) is 0.739. The van der Waals surface area contributed by atoms with Gasteiger partial charge in [0.15, 0.2) is 0 Å². The van der Waals surface area contributed by atoms with Gasteiger partial charge in [-0.15, -0.1) is 0 Å². The zero-order valence-electron chi connectivity index (χ0n) is 17.5. The summed E-state index contributed by atoms with van der Waals surface area (Å²) in [5, 5.41) is 10.6. The van der Waals surface area contributed by atoms with Crippen LogP contribution >= 0.6 is 0 Å². The summed E-state index contributed by atoms with van der Waals surface area (Å²) in [7, 11) is 0. The van der Waals surface area contributed by atoms with E-state index in [-0.39, 0.29) is 22.8 Å². The molecule has 1 saturated heterocycles. The van der Waals surface area contributed by atoms with Crippen molar-refractivity contribution in [1.29, 1.82) is 0 Å². The molecule has 1 aliphatic heterocycles. The summed E-state index contributed by atoms with van der Waals surface area (Å²) < 4.78 is 20.3. The first-order valence-electron chi connectivity index (χ1n) is 10.8. The Hall–Kier alpha value is -1.17. The highest BCUT2D eigenvalue weighted by Gasteiger charge is 2.60. The van der Waals surface area contributed by atoms with Crippen LogP contribution in [0.15, 0.2) is 24.3 Å². The fourth-order valence-electron chi connectivity index (χ4n) is 6.11. The van der Waals surface area contributed by atoms with Gasteiger partial charge < -0.3 is 14.7 Å². The van der Waals surface area contributed by atoms with Crippen LogP contribution in [0.25, 0.3) is 0 Å². The molecule has 2 saturated carbocycles. The van der Waals surface area contributed by atoms with Crippen molar-refractivity contribution in [3.63, 3.8) is 0 Å². The standard InChI is InChI=1S/C23H35FN2O2/c1-22(2)17-8-9-23(3,14-17)21(22)28-16-18(27)15-25-10-12-26(13-11-25)20-7-5-4-6-19(20)24/h4-7,17-18,21,27H,8-16H2,1-3H3/t17-,18-,21-,23+/m0/s1. The summed E-state index contributed by atoms with van der Waals surface area (Å²) in [6.45, 7) is 11.3. The number of rotatable bonds is 6. The van der Waals surface area contributed by atoms with Crippen molar-refractivity contribution in [3.8, 4) is 0 Å². The predicted octanol–water partition coefficient (Wildman–Crippen LogP) is 3.54. The minimum absolute atomic E-state index is 0.161. The maximum absolute atomic E-state index is 14.0. The van der Waals surface area contributed by atoms with Crippen molar-refractivity contribution in [3.05, 3.63) is 30.1 Å². The van der Waals surface area contributed by atoms with Gasteiger partial charge in [0.05, 0.1) is 24.5 Å². The molecule has 4 atom stereocenters. The van der Waals surface area contributed by atoms with E-state index in [4.69, 9.17) is 4.74 Å². The number of para-hydroxylation sites is 1. The first kappa shape index (κ1) is 20.1. The van der Waals surface area contributed by atoms with Gasteiger partial charge in [-0.3, -0.25) is 4.90 Å². The molecule has 0 radical (unpaired) electrons. The van der Waals surface area contributed by atoms with Crippen LogP contribution in [0.5, 0.6) is 0 Å². The Bertz CT molecular complexity index is 684. The largest absolute Gasteiger partial charge is 0.389 e. The Morgan fingerprint density at radius 3 is 2.54 bits per heavy atom. The Labute approximate surface area is 168 Å². The van der Waals surface area contributed by atoms with E-state index in [1.165, 1.54) is 25.3 Å². The average molecular weight is 391 g/mol. The van der Waals surface area contributed by atoms with Crippen LogP contribution in [-0.2, 0) is 4.74 Å². The topological polar surface area (TPSA) is 35.9 Å². The summed E-state index contributed by atoms with van der Waals surface area (Å²) in [5.41, 5.74) is 1.16. The number of hydrogen-bond donors (Lipinski definition) is 1. The Morgan fingerprint density at radius 2 is 1.89 bits per heavy atom. The zero-order chi connectivity index (χ0) is 19.9. The van der Waals surface area contributed by atoms with Crippen LogP contribution in [0.3, 0.4) is 0 Å². The molecule has 4 nitrogen and oxygen atoms in total. The molecular weight excluding hydrogens is 355 g/mol. The quantitative estimate of drug-likeness (QED) is 0.806. The average Bonchev–Trinajstić information content (AvgIpc) is 3.14. The van der Waals surface area contributed by atoms with Crippen LogP contribution in [0.1, 0.15) is 40.0 Å². The number of hydrogen-bond acceptors (Lipinski definition) is 4. The molecular formula is C23H35FN2O2. The summed E-state index contributed by atoms with van der Waals surface area (Å²) >= 11 is 0. The van der Waals surface area contributed by atoms with Crippen LogP contribution < -0.4 is 4.90 Å². The molecule has 3 aliphatic rings. The molecule has 0 unspecified atom stereocenters. The van der Waals surface area contributed by atoms with E-state index in [1.54, 1.807) is 6.07 Å². The number of ether oxygens (including phenoxy) is 1. The summed E-state index contributed by atoms with van der Waals surface area (Å²) in [6.07, 6.45) is 3.60. The Balaban J connectivity index is 1.24. The summed E-state index contributed by atoms with van der Waals surface area (Å²) in [6, 6.07) is 6.96. The van der Waals surface area contributed by atoms with E-state index in [2.05, 4.69) is 30.6 Å². The Morgan fingerprint density at radius 1 is 1.18 bits per heavy atom. The molecule has 5 heteroatoms. The lowest BCUT2D eigenvalue weighted by Gasteiger charge is -2.43. The fourth-order valence-corrected chi connectivity index (χ4v) is 6.11. The smallest absolute Gasteiger partial charge is 0.146 e. The molecule has 0 aromatic heterocycles. The maximum Gasteiger partial charge on any atom is 0.146 e. The molecule has 1 heterocycles. The van der Waals surface area contributed by atoms with Gasteiger partial charge in [-0.2, -0.15) is 0 Å². The molecule has 28 heavy (non-hydrogen) atoms. The normalized spacial score (nSPS) is 33.4. The Kier molecular flexibility index (Phi) is 5.45. The maximum atomic E-state index is 14.0. The molecule has 0 amide bonds. The van der Waals surface area contributed by atoms with Gasteiger partial charge in [0.2, 0.25) is 0 Å². The molecule has 4 rings (SSSR count). The molecule has 1 N–H and O–H groups in total. The summed E-state index contributed by atoms with van der Waals surface area (Å²) in [4.78, 5) is 4.35. The zero-order valence-corrected chi connectivity index (χ0v) is 17.5.